The fourth-order valence-electron chi connectivity index (χ4n) is 3.11. The van der Waals surface area contributed by atoms with Gasteiger partial charge in [-0.3, -0.25) is 14.4 Å². The number of methoxy groups -OCH3 is 2. The summed E-state index contributed by atoms with van der Waals surface area (Å²) >= 11 is 6.19. The first-order valence-corrected chi connectivity index (χ1v) is 9.26. The molecule has 0 aromatic heterocycles. The number of Topliss-reactive ketones (excluding diaryl/α,β-unsaturated/α-hetero) is 1. The molecule has 2 aromatic rings. The van der Waals surface area contributed by atoms with Gasteiger partial charge in [-0.2, -0.15) is 0 Å². The molecule has 0 aliphatic carbocycles. The molecule has 1 amide bonds. The number of carbonyl (C=O) groups is 3. The normalized spacial score (nSPS) is 15.9. The van der Waals surface area contributed by atoms with Gasteiger partial charge in [-0.1, -0.05) is 11.6 Å². The first-order chi connectivity index (χ1) is 13.8. The maximum atomic E-state index is 12.5. The summed E-state index contributed by atoms with van der Waals surface area (Å²) in [5.74, 6) is -0.325. The fraction of sp³-hybridized carbons (Fsp3) is 0.286. The Kier molecular flexibility index (Phi) is 6.08. The van der Waals surface area contributed by atoms with E-state index in [1.165, 1.54) is 26.0 Å². The first kappa shape index (κ1) is 20.7. The Labute approximate surface area is 173 Å². The Morgan fingerprint density at radius 3 is 2.31 bits per heavy atom. The molecule has 0 saturated carbocycles. The van der Waals surface area contributed by atoms with Gasteiger partial charge in [0.15, 0.2) is 5.78 Å². The summed E-state index contributed by atoms with van der Waals surface area (Å²) in [5.41, 5.74) is 0.986. The lowest BCUT2D eigenvalue weighted by molar-refractivity contribution is -0.139. The Bertz CT molecular complexity index is 956. The number of amides is 1. The number of hydrogen-bond acceptors (Lipinski definition) is 6. The average molecular weight is 418 g/mol. The Hall–Kier alpha value is -3.06. The summed E-state index contributed by atoms with van der Waals surface area (Å²) in [4.78, 5) is 37.9. The number of halogens is 1. The number of hydrogen-bond donors (Lipinski definition) is 0. The van der Waals surface area contributed by atoms with E-state index >= 15 is 0 Å². The number of nitrogens with zero attached hydrogens (tertiary/aromatic N) is 1. The molecular formula is C21H20ClNO6. The van der Waals surface area contributed by atoms with Crippen molar-refractivity contribution in [3.8, 4) is 17.2 Å². The molecule has 1 aliphatic rings. The minimum absolute atomic E-state index is 0.0111. The molecule has 8 heteroatoms. The van der Waals surface area contributed by atoms with Gasteiger partial charge >= 0.3 is 5.97 Å². The van der Waals surface area contributed by atoms with Crippen molar-refractivity contribution in [1.82, 2.24) is 0 Å². The smallest absolute Gasteiger partial charge is 0.316 e. The molecule has 1 saturated heterocycles. The van der Waals surface area contributed by atoms with Crippen LogP contribution in [0.1, 0.15) is 23.7 Å². The van der Waals surface area contributed by atoms with E-state index in [9.17, 15) is 14.4 Å². The highest BCUT2D eigenvalue weighted by atomic mass is 35.5. The monoisotopic (exact) mass is 417 g/mol. The number of rotatable bonds is 6. The van der Waals surface area contributed by atoms with Gasteiger partial charge in [0.1, 0.15) is 17.2 Å². The van der Waals surface area contributed by atoms with E-state index in [4.69, 9.17) is 25.8 Å². The lowest BCUT2D eigenvalue weighted by Crippen LogP contribution is -2.27. The molecule has 152 valence electrons. The number of anilines is 1. The van der Waals surface area contributed by atoms with Crippen LogP contribution in [0.5, 0.6) is 17.2 Å². The molecule has 1 fully saturated rings. The minimum atomic E-state index is -0.638. The largest absolute Gasteiger partial charge is 0.495 e. The molecule has 0 spiro atoms. The van der Waals surface area contributed by atoms with Crippen molar-refractivity contribution in [3.05, 3.63) is 47.0 Å². The van der Waals surface area contributed by atoms with Crippen molar-refractivity contribution in [3.63, 3.8) is 0 Å². The van der Waals surface area contributed by atoms with E-state index in [0.29, 0.717) is 33.5 Å². The topological polar surface area (TPSA) is 82.1 Å². The molecule has 29 heavy (non-hydrogen) atoms. The van der Waals surface area contributed by atoms with Gasteiger partial charge in [0.2, 0.25) is 5.91 Å². The van der Waals surface area contributed by atoms with Crippen LogP contribution in [0.3, 0.4) is 0 Å². The van der Waals surface area contributed by atoms with Gasteiger partial charge in [-0.25, -0.2) is 0 Å². The molecule has 1 atom stereocenters. The van der Waals surface area contributed by atoms with Gasteiger partial charge in [0.05, 0.1) is 30.8 Å². The zero-order chi connectivity index (χ0) is 21.1. The maximum Gasteiger partial charge on any atom is 0.316 e. The number of carbonyl (C=O) groups excluding carboxylic acids is 3. The van der Waals surface area contributed by atoms with Gasteiger partial charge in [0, 0.05) is 24.6 Å². The van der Waals surface area contributed by atoms with Crippen molar-refractivity contribution < 1.29 is 28.6 Å². The van der Waals surface area contributed by atoms with Crippen molar-refractivity contribution in [2.24, 2.45) is 5.92 Å². The summed E-state index contributed by atoms with van der Waals surface area (Å²) in [5, 5.41) is 0.327. The average Bonchev–Trinajstić information content (AvgIpc) is 3.09. The second-order valence-corrected chi connectivity index (χ2v) is 6.97. The second kappa shape index (κ2) is 8.53. The molecular weight excluding hydrogens is 398 g/mol. The van der Waals surface area contributed by atoms with Crippen molar-refractivity contribution in [1.29, 1.82) is 0 Å². The Morgan fingerprint density at radius 2 is 1.72 bits per heavy atom. The molecule has 3 rings (SSSR count). The van der Waals surface area contributed by atoms with E-state index in [2.05, 4.69) is 0 Å². The minimum Gasteiger partial charge on any atom is -0.495 e. The van der Waals surface area contributed by atoms with Gasteiger partial charge < -0.3 is 19.1 Å². The summed E-state index contributed by atoms with van der Waals surface area (Å²) < 4.78 is 15.9. The Morgan fingerprint density at radius 1 is 1.07 bits per heavy atom. The third kappa shape index (κ3) is 4.35. The predicted molar refractivity (Wildman–Crippen MR) is 107 cm³/mol. The Balaban J connectivity index is 1.75. The molecule has 1 heterocycles. The van der Waals surface area contributed by atoms with Crippen LogP contribution in [0.2, 0.25) is 5.02 Å². The van der Waals surface area contributed by atoms with Crippen LogP contribution in [0.15, 0.2) is 36.4 Å². The summed E-state index contributed by atoms with van der Waals surface area (Å²) in [6, 6.07) is 9.44. The quantitative estimate of drug-likeness (QED) is 0.406. The van der Waals surface area contributed by atoms with E-state index in [1.807, 2.05) is 0 Å². The molecule has 0 bridgehead atoms. The van der Waals surface area contributed by atoms with Crippen molar-refractivity contribution in [2.75, 3.05) is 25.7 Å². The highest BCUT2D eigenvalue weighted by molar-refractivity contribution is 6.32. The van der Waals surface area contributed by atoms with Crippen molar-refractivity contribution in [2.45, 2.75) is 13.3 Å². The molecule has 0 radical (unpaired) electrons. The van der Waals surface area contributed by atoms with Crippen LogP contribution in [-0.2, 0) is 9.59 Å². The SMILES string of the molecule is COc1cc(OC)c(N2C[C@H](C(=O)Oc3ccc(C(C)=O)cc3)CC2=O)cc1Cl. The number of esters is 1. The van der Waals surface area contributed by atoms with Crippen LogP contribution in [-0.4, -0.2) is 38.4 Å². The zero-order valence-corrected chi connectivity index (χ0v) is 17.0. The number of ether oxygens (including phenoxy) is 3. The van der Waals surface area contributed by atoms with Gasteiger partial charge in [0.25, 0.3) is 0 Å². The highest BCUT2D eigenvalue weighted by Gasteiger charge is 2.38. The summed E-state index contributed by atoms with van der Waals surface area (Å²) in [6.07, 6.45) is 0.0111. The second-order valence-electron chi connectivity index (χ2n) is 6.57. The number of benzene rings is 2. The molecule has 1 aliphatic heterocycles. The van der Waals surface area contributed by atoms with Crippen LogP contribution in [0, 0.1) is 5.92 Å². The zero-order valence-electron chi connectivity index (χ0n) is 16.2. The lowest BCUT2D eigenvalue weighted by Gasteiger charge is -2.20. The molecule has 0 N–H and O–H groups in total. The fourth-order valence-corrected chi connectivity index (χ4v) is 3.35. The van der Waals surface area contributed by atoms with E-state index in [0.717, 1.165) is 0 Å². The maximum absolute atomic E-state index is 12.5. The lowest BCUT2D eigenvalue weighted by atomic mass is 10.1. The van der Waals surface area contributed by atoms with Crippen LogP contribution < -0.4 is 19.1 Å². The van der Waals surface area contributed by atoms with E-state index in [1.54, 1.807) is 36.4 Å². The predicted octanol–water partition coefficient (Wildman–Crippen LogP) is 3.52. The molecule has 7 nitrogen and oxygen atoms in total. The van der Waals surface area contributed by atoms with Gasteiger partial charge in [-0.15, -0.1) is 0 Å². The summed E-state index contributed by atoms with van der Waals surface area (Å²) in [7, 11) is 2.96. The third-order valence-electron chi connectivity index (χ3n) is 4.68. The van der Waals surface area contributed by atoms with Crippen LogP contribution >= 0.6 is 11.6 Å². The first-order valence-electron chi connectivity index (χ1n) is 8.88. The standard InChI is InChI=1S/C21H20ClNO6/c1-12(24)13-4-6-15(7-5-13)29-21(26)14-8-20(25)23(11-14)17-9-16(22)18(27-2)10-19(17)28-3/h4-7,9-10,14H,8,11H2,1-3H3/t14-/m1/s1. The van der Waals surface area contributed by atoms with Crippen molar-refractivity contribution >= 4 is 34.9 Å². The molecule has 2 aromatic carbocycles. The van der Waals surface area contributed by atoms with E-state index < -0.39 is 11.9 Å². The van der Waals surface area contributed by atoms with Gasteiger partial charge in [-0.05, 0) is 37.3 Å². The summed E-state index contributed by atoms with van der Waals surface area (Å²) in [6.45, 7) is 1.60. The van der Waals surface area contributed by atoms with Crippen LogP contribution in [0.4, 0.5) is 5.69 Å². The number of ketones is 1. The van der Waals surface area contributed by atoms with Crippen LogP contribution in [0.25, 0.3) is 0 Å². The third-order valence-corrected chi connectivity index (χ3v) is 4.98. The highest BCUT2D eigenvalue weighted by Crippen LogP contribution is 2.40. The van der Waals surface area contributed by atoms with E-state index in [-0.39, 0.29) is 24.7 Å². The molecule has 0 unspecified atom stereocenters.